The molecule has 7 nitrogen and oxygen atoms in total. The molecular weight excluding hydrogens is 340 g/mol. The number of para-hydroxylation sites is 2. The fourth-order valence-corrected chi connectivity index (χ4v) is 2.95. The van der Waals surface area contributed by atoms with E-state index in [1.807, 2.05) is 48.5 Å². The Bertz CT molecular complexity index is 987. The lowest BCUT2D eigenvalue weighted by Gasteiger charge is -2.06. The van der Waals surface area contributed by atoms with Crippen molar-refractivity contribution in [2.24, 2.45) is 0 Å². The first-order valence-electron chi connectivity index (χ1n) is 8.91. The zero-order chi connectivity index (χ0) is 18.5. The van der Waals surface area contributed by atoms with Gasteiger partial charge in [0.05, 0.1) is 17.6 Å². The number of aromatic amines is 1. The van der Waals surface area contributed by atoms with Gasteiger partial charge < -0.3 is 10.3 Å². The molecule has 0 bridgehead atoms. The van der Waals surface area contributed by atoms with Gasteiger partial charge in [-0.25, -0.2) is 14.6 Å². The van der Waals surface area contributed by atoms with Crippen molar-refractivity contribution in [3.8, 4) is 0 Å². The summed E-state index contributed by atoms with van der Waals surface area (Å²) in [6, 6.07) is 15.5. The first-order chi connectivity index (χ1) is 13.3. The third kappa shape index (κ3) is 4.20. The van der Waals surface area contributed by atoms with Gasteiger partial charge in [-0.1, -0.05) is 24.3 Å². The van der Waals surface area contributed by atoms with Gasteiger partial charge in [-0.2, -0.15) is 5.10 Å². The number of nitrogens with one attached hydrogen (secondary N) is 2. The van der Waals surface area contributed by atoms with Gasteiger partial charge in [0.15, 0.2) is 0 Å². The molecule has 2 aromatic heterocycles. The Kier molecular flexibility index (Phi) is 4.91. The number of carbonyl (C=O) groups is 1. The maximum absolute atomic E-state index is 12.3. The van der Waals surface area contributed by atoms with Crippen molar-refractivity contribution in [3.05, 3.63) is 78.1 Å². The van der Waals surface area contributed by atoms with Crippen LogP contribution in [0, 0.1) is 0 Å². The molecule has 7 heteroatoms. The summed E-state index contributed by atoms with van der Waals surface area (Å²) < 4.78 is 1.74. The fourth-order valence-electron chi connectivity index (χ4n) is 2.95. The number of aromatic nitrogens is 5. The van der Waals surface area contributed by atoms with E-state index in [-0.39, 0.29) is 5.91 Å². The number of rotatable bonds is 7. The summed E-state index contributed by atoms with van der Waals surface area (Å²) in [4.78, 5) is 24.0. The molecule has 0 unspecified atom stereocenters. The van der Waals surface area contributed by atoms with Gasteiger partial charge in [-0.3, -0.25) is 4.79 Å². The molecule has 0 spiro atoms. The highest BCUT2D eigenvalue weighted by Crippen LogP contribution is 2.11. The number of amides is 1. The maximum Gasteiger partial charge on any atom is 0.251 e. The first kappa shape index (κ1) is 17.0. The van der Waals surface area contributed by atoms with E-state index in [2.05, 4.69) is 25.4 Å². The number of imidazole rings is 1. The topological polar surface area (TPSA) is 88.5 Å². The van der Waals surface area contributed by atoms with Crippen LogP contribution in [0.15, 0.2) is 61.2 Å². The van der Waals surface area contributed by atoms with Crippen molar-refractivity contribution in [2.45, 2.75) is 19.4 Å². The highest BCUT2D eigenvalue weighted by atomic mass is 16.1. The SMILES string of the molecule is O=C(NCCCc1nc2ccccc2[nH]1)c1ccc(Cn2cncn2)cc1. The normalized spacial score (nSPS) is 11.0. The monoisotopic (exact) mass is 360 g/mol. The summed E-state index contributed by atoms with van der Waals surface area (Å²) in [5.41, 5.74) is 3.74. The number of benzene rings is 2. The minimum Gasteiger partial charge on any atom is -0.352 e. The molecule has 0 saturated carbocycles. The zero-order valence-corrected chi connectivity index (χ0v) is 14.8. The van der Waals surface area contributed by atoms with Crippen LogP contribution in [-0.4, -0.2) is 37.2 Å². The predicted molar refractivity (Wildman–Crippen MR) is 102 cm³/mol. The lowest BCUT2D eigenvalue weighted by molar-refractivity contribution is 0.0953. The first-order valence-corrected chi connectivity index (χ1v) is 8.91. The molecule has 0 saturated heterocycles. The zero-order valence-electron chi connectivity index (χ0n) is 14.8. The van der Waals surface area contributed by atoms with Crippen LogP contribution >= 0.6 is 0 Å². The van der Waals surface area contributed by atoms with Crippen molar-refractivity contribution in [1.29, 1.82) is 0 Å². The standard InChI is InChI=1S/C20H20N6O/c27-20(16-9-7-15(8-10-16)12-26-14-21-13-23-26)22-11-3-6-19-24-17-4-1-2-5-18(17)25-19/h1-2,4-5,7-10,13-14H,3,6,11-12H2,(H,22,27)(H,24,25). The maximum atomic E-state index is 12.3. The molecular formula is C20H20N6O. The van der Waals surface area contributed by atoms with Gasteiger partial charge in [-0.05, 0) is 36.2 Å². The number of aryl methyl sites for hydroxylation is 1. The average molecular weight is 360 g/mol. The van der Waals surface area contributed by atoms with Crippen LogP contribution in [0.3, 0.4) is 0 Å². The van der Waals surface area contributed by atoms with Crippen molar-refractivity contribution in [1.82, 2.24) is 30.0 Å². The highest BCUT2D eigenvalue weighted by Gasteiger charge is 2.06. The van der Waals surface area contributed by atoms with Crippen molar-refractivity contribution >= 4 is 16.9 Å². The second-order valence-corrected chi connectivity index (χ2v) is 6.35. The molecule has 0 fully saturated rings. The van der Waals surface area contributed by atoms with Crippen LogP contribution in [0.25, 0.3) is 11.0 Å². The van der Waals surface area contributed by atoms with Gasteiger partial charge >= 0.3 is 0 Å². The number of hydrogen-bond donors (Lipinski definition) is 2. The number of fused-ring (bicyclic) bond motifs is 1. The van der Waals surface area contributed by atoms with Gasteiger partial charge in [0.25, 0.3) is 5.91 Å². The molecule has 0 radical (unpaired) electrons. The van der Waals surface area contributed by atoms with E-state index < -0.39 is 0 Å². The Hall–Kier alpha value is -3.48. The lowest BCUT2D eigenvalue weighted by atomic mass is 10.1. The van der Waals surface area contributed by atoms with E-state index in [1.54, 1.807) is 11.0 Å². The molecule has 0 aliphatic carbocycles. The van der Waals surface area contributed by atoms with Gasteiger partial charge in [0.2, 0.25) is 0 Å². The Balaban J connectivity index is 1.25. The Morgan fingerprint density at radius 2 is 1.96 bits per heavy atom. The van der Waals surface area contributed by atoms with E-state index in [4.69, 9.17) is 0 Å². The van der Waals surface area contributed by atoms with Crippen LogP contribution in [0.1, 0.15) is 28.2 Å². The summed E-state index contributed by atoms with van der Waals surface area (Å²) in [6.07, 6.45) is 4.80. The molecule has 4 rings (SSSR count). The number of H-pyrrole nitrogens is 1. The molecule has 0 atom stereocenters. The Labute approximate surface area is 156 Å². The molecule has 2 heterocycles. The van der Waals surface area contributed by atoms with Crippen molar-refractivity contribution in [2.75, 3.05) is 6.54 Å². The fraction of sp³-hybridized carbons (Fsp3) is 0.200. The van der Waals surface area contributed by atoms with Crippen LogP contribution in [0.2, 0.25) is 0 Å². The summed E-state index contributed by atoms with van der Waals surface area (Å²) in [6.45, 7) is 1.25. The van der Waals surface area contributed by atoms with E-state index in [1.165, 1.54) is 6.33 Å². The number of hydrogen-bond acceptors (Lipinski definition) is 4. The van der Waals surface area contributed by atoms with Gasteiger partial charge in [0.1, 0.15) is 18.5 Å². The van der Waals surface area contributed by atoms with Gasteiger partial charge in [0, 0.05) is 18.5 Å². The van der Waals surface area contributed by atoms with Crippen molar-refractivity contribution < 1.29 is 4.79 Å². The summed E-state index contributed by atoms with van der Waals surface area (Å²) in [5, 5.41) is 7.04. The predicted octanol–water partition coefficient (Wildman–Crippen LogP) is 2.57. The summed E-state index contributed by atoms with van der Waals surface area (Å²) >= 11 is 0. The smallest absolute Gasteiger partial charge is 0.251 e. The molecule has 1 amide bonds. The largest absolute Gasteiger partial charge is 0.352 e. The van der Waals surface area contributed by atoms with E-state index in [0.29, 0.717) is 18.7 Å². The number of nitrogens with zero attached hydrogens (tertiary/aromatic N) is 4. The molecule has 2 N–H and O–H groups in total. The average Bonchev–Trinajstić information content (AvgIpc) is 3.34. The molecule has 27 heavy (non-hydrogen) atoms. The quantitative estimate of drug-likeness (QED) is 0.496. The van der Waals surface area contributed by atoms with Crippen LogP contribution in [-0.2, 0) is 13.0 Å². The van der Waals surface area contributed by atoms with Crippen LogP contribution in [0.4, 0.5) is 0 Å². The Morgan fingerprint density at radius 1 is 1.11 bits per heavy atom. The third-order valence-corrected chi connectivity index (χ3v) is 4.34. The Morgan fingerprint density at radius 3 is 2.74 bits per heavy atom. The second-order valence-electron chi connectivity index (χ2n) is 6.35. The lowest BCUT2D eigenvalue weighted by Crippen LogP contribution is -2.24. The van der Waals surface area contributed by atoms with E-state index in [0.717, 1.165) is 35.3 Å². The van der Waals surface area contributed by atoms with Gasteiger partial charge in [-0.15, -0.1) is 0 Å². The highest BCUT2D eigenvalue weighted by molar-refractivity contribution is 5.94. The number of carbonyl (C=O) groups excluding carboxylic acids is 1. The third-order valence-electron chi connectivity index (χ3n) is 4.34. The van der Waals surface area contributed by atoms with Crippen LogP contribution in [0.5, 0.6) is 0 Å². The molecule has 0 aliphatic rings. The van der Waals surface area contributed by atoms with Crippen molar-refractivity contribution in [3.63, 3.8) is 0 Å². The molecule has 2 aromatic carbocycles. The summed E-state index contributed by atoms with van der Waals surface area (Å²) in [7, 11) is 0. The molecule has 0 aliphatic heterocycles. The van der Waals surface area contributed by atoms with E-state index in [9.17, 15) is 4.79 Å². The minimum absolute atomic E-state index is 0.0630. The minimum atomic E-state index is -0.0630. The van der Waals surface area contributed by atoms with Crippen LogP contribution < -0.4 is 5.32 Å². The molecule has 4 aromatic rings. The summed E-state index contributed by atoms with van der Waals surface area (Å²) in [5.74, 6) is 0.884. The molecule has 136 valence electrons. The van der Waals surface area contributed by atoms with E-state index >= 15 is 0 Å². The second kappa shape index (κ2) is 7.82.